The zero-order chi connectivity index (χ0) is 14.0. The summed E-state index contributed by atoms with van der Waals surface area (Å²) in [6, 6.07) is 4.65. The third kappa shape index (κ3) is 4.96. The van der Waals surface area contributed by atoms with Gasteiger partial charge in [0.2, 0.25) is 10.0 Å². The number of benzene rings is 1. The van der Waals surface area contributed by atoms with Gasteiger partial charge < -0.3 is 5.11 Å². The Morgan fingerprint density at radius 3 is 2.39 bits per heavy atom. The Morgan fingerprint density at radius 2 is 1.89 bits per heavy atom. The summed E-state index contributed by atoms with van der Waals surface area (Å²) in [5, 5.41) is 9.37. The maximum Gasteiger partial charge on any atom is 0.232 e. The van der Waals surface area contributed by atoms with Crippen LogP contribution in [-0.2, 0) is 10.0 Å². The van der Waals surface area contributed by atoms with Crippen molar-refractivity contribution in [1.29, 1.82) is 0 Å². The first-order valence-electron chi connectivity index (χ1n) is 5.89. The highest BCUT2D eigenvalue weighted by Crippen LogP contribution is 2.23. The third-order valence-electron chi connectivity index (χ3n) is 2.59. The van der Waals surface area contributed by atoms with Crippen LogP contribution in [0.25, 0.3) is 0 Å². The van der Waals surface area contributed by atoms with Crippen molar-refractivity contribution in [2.45, 2.75) is 34.1 Å². The van der Waals surface area contributed by atoms with Gasteiger partial charge in [0.05, 0.1) is 5.75 Å². The molecule has 5 heteroatoms. The Kier molecular flexibility index (Phi) is 4.27. The van der Waals surface area contributed by atoms with E-state index in [9.17, 15) is 13.5 Å². The minimum Gasteiger partial charge on any atom is -0.508 e. The highest BCUT2D eigenvalue weighted by atomic mass is 32.2. The van der Waals surface area contributed by atoms with Gasteiger partial charge in [-0.3, -0.25) is 4.72 Å². The van der Waals surface area contributed by atoms with E-state index in [1.807, 2.05) is 20.8 Å². The van der Waals surface area contributed by atoms with Crippen LogP contribution in [0.5, 0.6) is 5.75 Å². The summed E-state index contributed by atoms with van der Waals surface area (Å²) in [5.41, 5.74) is 1.12. The molecule has 0 amide bonds. The summed E-state index contributed by atoms with van der Waals surface area (Å²) in [6.07, 6.45) is 0.597. The Morgan fingerprint density at radius 1 is 1.28 bits per heavy atom. The molecule has 1 rings (SSSR count). The van der Waals surface area contributed by atoms with Crippen LogP contribution in [-0.4, -0.2) is 19.3 Å². The maximum atomic E-state index is 11.9. The topological polar surface area (TPSA) is 66.4 Å². The molecule has 0 atom stereocenters. The first-order chi connectivity index (χ1) is 8.09. The van der Waals surface area contributed by atoms with Gasteiger partial charge >= 0.3 is 0 Å². The molecule has 0 bridgehead atoms. The number of aromatic hydroxyl groups is 1. The molecule has 0 saturated heterocycles. The van der Waals surface area contributed by atoms with Crippen LogP contribution >= 0.6 is 0 Å². The molecule has 1 aromatic rings. The fourth-order valence-electron chi connectivity index (χ4n) is 1.39. The van der Waals surface area contributed by atoms with E-state index in [0.29, 0.717) is 17.7 Å². The van der Waals surface area contributed by atoms with Gasteiger partial charge in [-0.2, -0.15) is 0 Å². The van der Waals surface area contributed by atoms with E-state index in [0.717, 1.165) is 0 Å². The predicted molar refractivity (Wildman–Crippen MR) is 74.3 cm³/mol. The van der Waals surface area contributed by atoms with Crippen LogP contribution in [0.15, 0.2) is 18.2 Å². The molecule has 0 radical (unpaired) electrons. The number of hydrogen-bond donors (Lipinski definition) is 2. The van der Waals surface area contributed by atoms with Crippen molar-refractivity contribution < 1.29 is 13.5 Å². The standard InChI is InChI=1S/C13H21NO3S/c1-10-9-11(5-6-12(10)15)14-18(16,17)8-7-13(2,3)4/h5-6,9,14-15H,7-8H2,1-4H3. The van der Waals surface area contributed by atoms with Crippen LogP contribution in [0.2, 0.25) is 0 Å². The van der Waals surface area contributed by atoms with Crippen LogP contribution < -0.4 is 4.72 Å². The Labute approximate surface area is 109 Å². The van der Waals surface area contributed by atoms with E-state index < -0.39 is 10.0 Å². The van der Waals surface area contributed by atoms with Crippen LogP contribution in [0.1, 0.15) is 32.8 Å². The van der Waals surface area contributed by atoms with Gasteiger partial charge in [-0.1, -0.05) is 20.8 Å². The lowest BCUT2D eigenvalue weighted by Crippen LogP contribution is -2.20. The zero-order valence-electron chi connectivity index (χ0n) is 11.3. The molecule has 0 unspecified atom stereocenters. The fraction of sp³-hybridized carbons (Fsp3) is 0.538. The smallest absolute Gasteiger partial charge is 0.232 e. The molecule has 2 N–H and O–H groups in total. The number of nitrogens with one attached hydrogen (secondary N) is 1. The molecule has 0 aliphatic rings. The largest absolute Gasteiger partial charge is 0.508 e. The molecule has 0 aliphatic heterocycles. The average Bonchev–Trinajstić information content (AvgIpc) is 2.20. The molecule has 1 aromatic carbocycles. The van der Waals surface area contributed by atoms with Crippen molar-refractivity contribution >= 4 is 15.7 Å². The maximum absolute atomic E-state index is 11.9. The summed E-state index contributed by atoms with van der Waals surface area (Å²) in [7, 11) is -3.33. The lowest BCUT2D eigenvalue weighted by molar-refractivity contribution is 0.397. The molecular weight excluding hydrogens is 250 g/mol. The van der Waals surface area contributed by atoms with E-state index >= 15 is 0 Å². The van der Waals surface area contributed by atoms with E-state index in [1.54, 1.807) is 19.1 Å². The van der Waals surface area contributed by atoms with E-state index in [4.69, 9.17) is 0 Å². The molecule has 0 aromatic heterocycles. The van der Waals surface area contributed by atoms with Crippen molar-refractivity contribution in [3.63, 3.8) is 0 Å². The lowest BCUT2D eigenvalue weighted by atomic mass is 9.94. The Bertz CT molecular complexity index is 516. The summed E-state index contributed by atoms with van der Waals surface area (Å²) >= 11 is 0. The minimum absolute atomic E-state index is 0.0143. The zero-order valence-corrected chi connectivity index (χ0v) is 12.1. The first-order valence-corrected chi connectivity index (χ1v) is 7.54. The SMILES string of the molecule is Cc1cc(NS(=O)(=O)CCC(C)(C)C)ccc1O. The van der Waals surface area contributed by atoms with Crippen molar-refractivity contribution in [2.24, 2.45) is 5.41 Å². The van der Waals surface area contributed by atoms with Crippen LogP contribution in [0.4, 0.5) is 5.69 Å². The van der Waals surface area contributed by atoms with Crippen molar-refractivity contribution in [1.82, 2.24) is 0 Å². The van der Waals surface area contributed by atoms with Crippen molar-refractivity contribution in [2.75, 3.05) is 10.5 Å². The average molecular weight is 271 g/mol. The predicted octanol–water partition coefficient (Wildman–Crippen LogP) is 2.88. The number of hydrogen-bond acceptors (Lipinski definition) is 3. The highest BCUT2D eigenvalue weighted by Gasteiger charge is 2.17. The second kappa shape index (κ2) is 5.18. The first kappa shape index (κ1) is 14.8. The highest BCUT2D eigenvalue weighted by molar-refractivity contribution is 7.92. The van der Waals surface area contributed by atoms with Gasteiger partial charge in [-0.05, 0) is 42.5 Å². The van der Waals surface area contributed by atoms with Gasteiger partial charge in [0.25, 0.3) is 0 Å². The second-order valence-electron chi connectivity index (χ2n) is 5.73. The Hall–Kier alpha value is -1.23. The van der Waals surface area contributed by atoms with Crippen LogP contribution in [0, 0.1) is 12.3 Å². The van der Waals surface area contributed by atoms with Crippen molar-refractivity contribution in [3.05, 3.63) is 23.8 Å². The van der Waals surface area contributed by atoms with Crippen molar-refractivity contribution in [3.8, 4) is 5.75 Å². The van der Waals surface area contributed by atoms with Gasteiger partial charge in [-0.25, -0.2) is 8.42 Å². The molecule has 4 nitrogen and oxygen atoms in total. The number of rotatable bonds is 4. The number of aryl methyl sites for hydroxylation is 1. The molecule has 0 heterocycles. The third-order valence-corrected chi connectivity index (χ3v) is 3.88. The van der Waals surface area contributed by atoms with E-state index in [-0.39, 0.29) is 16.9 Å². The summed E-state index contributed by atoms with van der Waals surface area (Å²) < 4.78 is 26.3. The number of sulfonamides is 1. The quantitative estimate of drug-likeness (QED) is 0.827. The molecule has 102 valence electrons. The fourth-order valence-corrected chi connectivity index (χ4v) is 2.86. The second-order valence-corrected chi connectivity index (χ2v) is 7.57. The normalized spacial score (nSPS) is 12.4. The molecule has 0 saturated carbocycles. The summed E-state index contributed by atoms with van der Waals surface area (Å²) in [6.45, 7) is 7.75. The number of anilines is 1. The van der Waals surface area contributed by atoms with Gasteiger partial charge in [0.15, 0.2) is 0 Å². The summed E-state index contributed by atoms with van der Waals surface area (Å²) in [4.78, 5) is 0. The molecule has 0 spiro atoms. The number of phenolic OH excluding ortho intramolecular Hbond substituents is 1. The summed E-state index contributed by atoms with van der Waals surface area (Å²) in [5.74, 6) is 0.254. The monoisotopic (exact) mass is 271 g/mol. The lowest BCUT2D eigenvalue weighted by Gasteiger charge is -2.18. The molecule has 0 aliphatic carbocycles. The molecule has 18 heavy (non-hydrogen) atoms. The van der Waals surface area contributed by atoms with Gasteiger partial charge in [-0.15, -0.1) is 0 Å². The van der Waals surface area contributed by atoms with Gasteiger partial charge in [0, 0.05) is 5.69 Å². The molecule has 0 fully saturated rings. The van der Waals surface area contributed by atoms with Crippen LogP contribution in [0.3, 0.4) is 0 Å². The number of phenols is 1. The molecular formula is C13H21NO3S. The minimum atomic E-state index is -3.33. The Balaban J connectivity index is 2.74. The van der Waals surface area contributed by atoms with E-state index in [1.165, 1.54) is 6.07 Å². The van der Waals surface area contributed by atoms with Gasteiger partial charge in [0.1, 0.15) is 5.75 Å². The van der Waals surface area contributed by atoms with E-state index in [2.05, 4.69) is 4.72 Å².